The molecular weight excluding hydrogens is 619 g/mol. The van der Waals surface area contributed by atoms with Crippen LogP contribution in [0.25, 0.3) is 60.7 Å². The molecule has 3 nitrogen and oxygen atoms in total. The molecule has 0 saturated heterocycles. The van der Waals surface area contributed by atoms with Gasteiger partial charge in [0.1, 0.15) is 90.3 Å². The number of fused-ring (bicyclic) bond motifs is 4. The quantitative estimate of drug-likeness (QED) is 0.166. The van der Waals surface area contributed by atoms with E-state index in [0.29, 0.717) is 11.1 Å². The first-order chi connectivity index (χ1) is 24.9. The van der Waals surface area contributed by atoms with Crippen molar-refractivity contribution < 1.29 is 4.74 Å². The molecule has 1 aliphatic heterocycles. The minimum atomic E-state index is -1.00. The fourth-order valence-corrected chi connectivity index (χ4v) is 7.18. The minimum Gasteiger partial charge on any atom is -0.486 e. The maximum atomic E-state index is 6.82. The average molecular weight is 634 g/mol. The number of hydrogen-bond acceptors (Lipinski definition) is 3. The molecule has 0 fully saturated rings. The largest absolute Gasteiger partial charge is 0.486 e. The van der Waals surface area contributed by atoms with Crippen LogP contribution < -0.4 is 49.2 Å². The molecule has 1 aliphatic rings. The lowest BCUT2D eigenvalue weighted by Gasteiger charge is -2.29. The molecule has 22 radical (unpaired) electrons. The molecule has 2 aromatic heterocycles. The Labute approximate surface area is 317 Å². The van der Waals surface area contributed by atoms with Crippen molar-refractivity contribution >= 4 is 174 Å². The van der Waals surface area contributed by atoms with E-state index in [1.54, 1.807) is 6.20 Å². The number of pyridine rings is 2. The summed E-state index contributed by atoms with van der Waals surface area (Å²) in [5.74, 6) is -0.869. The molecule has 5 aromatic carbocycles. The number of benzene rings is 5. The lowest BCUT2D eigenvalue weighted by Crippen LogP contribution is -2.57. The second-order valence-electron chi connectivity index (χ2n) is 12.9. The summed E-state index contributed by atoms with van der Waals surface area (Å²) in [7, 11) is 71.2. The van der Waals surface area contributed by atoms with Crippen LogP contribution in [-0.2, 0) is 4.74 Å². The van der Waals surface area contributed by atoms with E-state index in [1.165, 1.54) is 0 Å². The Morgan fingerprint density at radius 3 is 1.69 bits per heavy atom. The lowest BCUT2D eigenvalue weighted by atomic mass is 9.57. The van der Waals surface area contributed by atoms with E-state index in [4.69, 9.17) is 96.0 Å². The SMILES string of the molecule is [B]C1=C(c2c([B])c([B])c(-c3ccc(-c4ccc5ccc6cccnc6c5n4)c4ccccc34)c([B])c2[B])OC(c2c([B])c([B])c([B])c([B])c2[B])C1[B]. The van der Waals surface area contributed by atoms with Crippen LogP contribution in [0.1, 0.15) is 17.2 Å². The van der Waals surface area contributed by atoms with Crippen molar-refractivity contribution in [2.24, 2.45) is 0 Å². The van der Waals surface area contributed by atoms with Crippen LogP contribution in [0.3, 0.4) is 0 Å². The Hall–Kier alpha value is -4.57. The van der Waals surface area contributed by atoms with Crippen LogP contribution in [0, 0.1) is 0 Å². The number of ether oxygens (including phenoxy) is 1. The van der Waals surface area contributed by atoms with Gasteiger partial charge < -0.3 is 4.74 Å². The minimum absolute atomic E-state index is 0.0431. The van der Waals surface area contributed by atoms with E-state index in [-0.39, 0.29) is 71.5 Å². The molecule has 0 N–H and O–H groups in total. The number of rotatable bonds is 4. The Morgan fingerprint density at radius 2 is 1.04 bits per heavy atom. The molecule has 2 atom stereocenters. The number of aromatic nitrogens is 2. The van der Waals surface area contributed by atoms with Crippen LogP contribution in [-0.4, -0.2) is 96.3 Å². The van der Waals surface area contributed by atoms with Crippen LogP contribution >= 0.6 is 0 Å². The lowest BCUT2D eigenvalue weighted by molar-refractivity contribution is 0.197. The Morgan fingerprint density at radius 1 is 0.500 bits per heavy atom. The zero-order valence-electron chi connectivity index (χ0n) is 27.8. The maximum absolute atomic E-state index is 6.82. The molecule has 0 saturated carbocycles. The summed E-state index contributed by atoms with van der Waals surface area (Å²) >= 11 is 0. The van der Waals surface area contributed by atoms with Gasteiger partial charge in [0.2, 0.25) is 0 Å². The van der Waals surface area contributed by atoms with Gasteiger partial charge in [0.25, 0.3) is 0 Å². The van der Waals surface area contributed by atoms with E-state index >= 15 is 0 Å². The highest BCUT2D eigenvalue weighted by molar-refractivity contribution is 6.67. The van der Waals surface area contributed by atoms with Crippen molar-refractivity contribution in [2.75, 3.05) is 0 Å². The van der Waals surface area contributed by atoms with Gasteiger partial charge in [-0.2, -0.15) is 0 Å². The maximum Gasteiger partial charge on any atom is 0.120 e. The van der Waals surface area contributed by atoms with Gasteiger partial charge in [0, 0.05) is 28.1 Å². The van der Waals surface area contributed by atoms with Crippen molar-refractivity contribution in [3.8, 4) is 22.4 Å². The second-order valence-corrected chi connectivity index (χ2v) is 12.9. The highest BCUT2D eigenvalue weighted by atomic mass is 16.5. The van der Waals surface area contributed by atoms with E-state index in [9.17, 15) is 0 Å². The van der Waals surface area contributed by atoms with Crippen molar-refractivity contribution in [3.63, 3.8) is 0 Å². The van der Waals surface area contributed by atoms with Crippen molar-refractivity contribution in [1.29, 1.82) is 0 Å². The van der Waals surface area contributed by atoms with Crippen LogP contribution in [0.4, 0.5) is 0 Å². The van der Waals surface area contributed by atoms with E-state index in [2.05, 4.69) is 4.98 Å². The molecule has 0 spiro atoms. The smallest absolute Gasteiger partial charge is 0.120 e. The summed E-state index contributed by atoms with van der Waals surface area (Å²) in [6.45, 7) is 0. The van der Waals surface area contributed by atoms with Gasteiger partial charge in [-0.1, -0.05) is 98.9 Å². The molecule has 216 valence electrons. The molecule has 3 heterocycles. The molecule has 7 aromatic rings. The molecule has 0 amide bonds. The van der Waals surface area contributed by atoms with E-state index in [0.717, 1.165) is 43.8 Å². The van der Waals surface area contributed by atoms with Crippen molar-refractivity contribution in [3.05, 3.63) is 95.6 Å². The normalized spacial score (nSPS) is 15.8. The number of nitrogens with zero attached hydrogens (tertiary/aromatic N) is 2. The zero-order valence-corrected chi connectivity index (χ0v) is 27.8. The second kappa shape index (κ2) is 12.8. The average Bonchev–Trinajstić information content (AvgIpc) is 3.44. The predicted molar refractivity (Wildman–Crippen MR) is 226 cm³/mol. The van der Waals surface area contributed by atoms with Crippen LogP contribution in [0.2, 0.25) is 5.82 Å². The third-order valence-corrected chi connectivity index (χ3v) is 10.0. The predicted octanol–water partition coefficient (Wildman–Crippen LogP) is -2.02. The fourth-order valence-electron chi connectivity index (χ4n) is 7.18. The highest BCUT2D eigenvalue weighted by Gasteiger charge is 2.35. The summed E-state index contributed by atoms with van der Waals surface area (Å²) < 4.78 is 6.31. The summed E-state index contributed by atoms with van der Waals surface area (Å²) in [5.41, 5.74) is 5.81. The highest BCUT2D eigenvalue weighted by Crippen LogP contribution is 2.44. The molecule has 0 bridgehead atoms. The monoisotopic (exact) mass is 636 g/mol. The van der Waals surface area contributed by atoms with Crippen molar-refractivity contribution in [1.82, 2.24) is 9.97 Å². The topological polar surface area (TPSA) is 35.0 Å². The molecule has 0 aliphatic carbocycles. The van der Waals surface area contributed by atoms with Crippen molar-refractivity contribution in [2.45, 2.75) is 11.9 Å². The first-order valence-corrected chi connectivity index (χ1v) is 16.3. The van der Waals surface area contributed by atoms with Gasteiger partial charge in [-0.3, -0.25) is 4.98 Å². The van der Waals surface area contributed by atoms with Crippen LogP contribution in [0.5, 0.6) is 0 Å². The Balaban J connectivity index is 1.25. The van der Waals surface area contributed by atoms with Gasteiger partial charge in [-0.05, 0) is 45.4 Å². The third-order valence-electron chi connectivity index (χ3n) is 10.0. The molecule has 14 heteroatoms. The first-order valence-electron chi connectivity index (χ1n) is 16.3. The fraction of sp³-hybridized carbons (Fsp3) is 0.0526. The van der Waals surface area contributed by atoms with Gasteiger partial charge in [0.05, 0.1) is 24.6 Å². The first kappa shape index (κ1) is 34.5. The summed E-state index contributed by atoms with van der Waals surface area (Å²) in [4.78, 5) is 9.69. The summed E-state index contributed by atoms with van der Waals surface area (Å²) in [5, 5.41) is 3.77. The Kier molecular flexibility index (Phi) is 8.52. The van der Waals surface area contributed by atoms with Crippen LogP contribution in [0.15, 0.2) is 84.5 Å². The molecule has 52 heavy (non-hydrogen) atoms. The molecule has 2 unspecified atom stereocenters. The number of hydrogen-bond donors (Lipinski definition) is 0. The van der Waals surface area contributed by atoms with E-state index < -0.39 is 11.9 Å². The van der Waals surface area contributed by atoms with E-state index in [1.807, 2.05) is 72.8 Å². The zero-order chi connectivity index (χ0) is 36.7. The third kappa shape index (κ3) is 5.11. The van der Waals surface area contributed by atoms with Gasteiger partial charge in [0.15, 0.2) is 0 Å². The molecular formula is C38H15B11N2O. The van der Waals surface area contributed by atoms with Gasteiger partial charge in [-0.15, -0.1) is 16.4 Å². The summed E-state index contributed by atoms with van der Waals surface area (Å²) in [6.07, 6.45) is 0.766. The van der Waals surface area contributed by atoms with Gasteiger partial charge >= 0.3 is 0 Å². The summed E-state index contributed by atoms with van der Waals surface area (Å²) in [6, 6.07) is 23.9. The van der Waals surface area contributed by atoms with Gasteiger partial charge in [-0.25, -0.2) is 4.98 Å². The molecule has 8 rings (SSSR count). The Bertz CT molecular complexity index is 2660. The standard InChI is InChI=1S/C38H15B11N2O/c39-24-21(25(40)27(42)22(26(24)41)37-33(48)34(49)38(52-37)23-28(43)30(45)32(47)31(46)29(23)44)19-11-10-18(16-5-1-2-6-17(16)19)20-12-9-15-8-7-14-4-3-13-50-35(14)36(15)51-20/h1-13,34,38H.